The number of piperazine rings is 1. The molecule has 5 rings (SSSR count). The predicted octanol–water partition coefficient (Wildman–Crippen LogP) is 3.55. The van der Waals surface area contributed by atoms with Crippen LogP contribution >= 0.6 is 0 Å². The summed E-state index contributed by atoms with van der Waals surface area (Å²) in [4.78, 5) is 43.0. The lowest BCUT2D eigenvalue weighted by atomic mass is 10.1. The summed E-state index contributed by atoms with van der Waals surface area (Å²) in [6.07, 6.45) is -4.21. The molecule has 3 heterocycles. The van der Waals surface area contributed by atoms with Crippen molar-refractivity contribution in [2.45, 2.75) is 30.7 Å². The number of fused-ring (bicyclic) bond motifs is 5. The third kappa shape index (κ3) is 3.69. The fourth-order valence-electron chi connectivity index (χ4n) is 5.02. The van der Waals surface area contributed by atoms with Gasteiger partial charge in [0.15, 0.2) is 0 Å². The van der Waals surface area contributed by atoms with E-state index in [-0.39, 0.29) is 12.2 Å². The molecule has 184 valence electrons. The molecule has 5 amide bonds. The number of amides is 5. The third-order valence-corrected chi connectivity index (χ3v) is 6.56. The number of nitrogens with zero attached hydrogens (tertiary/aromatic N) is 3. The molecule has 3 aliphatic rings. The van der Waals surface area contributed by atoms with Crippen molar-refractivity contribution < 1.29 is 37.0 Å². The molecule has 2 bridgehead atoms. The first-order chi connectivity index (χ1) is 16.6. The molecule has 2 aromatic rings. The lowest BCUT2D eigenvalue weighted by Crippen LogP contribution is -2.55. The van der Waals surface area contributed by atoms with Gasteiger partial charge in [-0.1, -0.05) is 6.07 Å². The fourth-order valence-corrected chi connectivity index (χ4v) is 5.02. The molecule has 35 heavy (non-hydrogen) atoms. The van der Waals surface area contributed by atoms with E-state index in [9.17, 15) is 27.6 Å². The van der Waals surface area contributed by atoms with Gasteiger partial charge in [-0.05, 0) is 24.6 Å². The van der Waals surface area contributed by atoms with E-state index in [0.29, 0.717) is 23.6 Å². The quantitative estimate of drug-likeness (QED) is 0.662. The van der Waals surface area contributed by atoms with Crippen molar-refractivity contribution in [1.82, 2.24) is 9.80 Å². The van der Waals surface area contributed by atoms with Crippen LogP contribution in [0.5, 0.6) is 11.5 Å². The largest absolute Gasteiger partial charge is 0.497 e. The summed E-state index contributed by atoms with van der Waals surface area (Å²) in [5, 5.41) is 2.76. The Morgan fingerprint density at radius 3 is 2.37 bits per heavy atom. The molecule has 12 heteroatoms. The summed E-state index contributed by atoms with van der Waals surface area (Å²) in [7, 11) is 2.96. The molecule has 0 radical (unpaired) electrons. The Morgan fingerprint density at radius 2 is 1.74 bits per heavy atom. The maximum Gasteiger partial charge on any atom is 0.416 e. The molecule has 0 aliphatic carbocycles. The first-order valence-electron chi connectivity index (χ1n) is 10.8. The van der Waals surface area contributed by atoms with Gasteiger partial charge in [0.2, 0.25) is 0 Å². The van der Waals surface area contributed by atoms with Crippen molar-refractivity contribution in [2.75, 3.05) is 31.0 Å². The number of hydrogen-bond donors (Lipinski definition) is 1. The summed E-state index contributed by atoms with van der Waals surface area (Å²) in [5.41, 5.74) is -0.686. The number of hydrogen-bond acceptors (Lipinski definition) is 5. The maximum absolute atomic E-state index is 13.2. The van der Waals surface area contributed by atoms with E-state index in [1.165, 1.54) is 30.1 Å². The predicted molar refractivity (Wildman–Crippen MR) is 117 cm³/mol. The van der Waals surface area contributed by atoms with Crippen molar-refractivity contribution in [2.24, 2.45) is 0 Å². The zero-order valence-electron chi connectivity index (χ0n) is 18.7. The standard InChI is InChI=1S/C23H21F3N4O5/c1-34-16-7-13(8-17(10-16)35-2)27-21(32)28-11-15-9-18(28)19-20(31)30(22(33)29(15)19)14-5-3-4-12(6-14)23(24,25)26/h3-8,10,15,18-19H,9,11H2,1-2H3,(H,27,32)/t15?,18?,19-/m1/s1. The molecule has 1 N–H and O–H groups in total. The number of anilines is 2. The average molecular weight is 490 g/mol. The van der Waals surface area contributed by atoms with Crippen LogP contribution in [0.3, 0.4) is 0 Å². The average Bonchev–Trinajstić information content (AvgIpc) is 3.49. The Bertz CT molecular complexity index is 1200. The molecule has 0 spiro atoms. The van der Waals surface area contributed by atoms with Gasteiger partial charge < -0.3 is 24.6 Å². The molecule has 3 saturated heterocycles. The number of methoxy groups -OCH3 is 2. The molecule has 3 aliphatic heterocycles. The molecular weight excluding hydrogens is 469 g/mol. The van der Waals surface area contributed by atoms with Crippen LogP contribution in [0.1, 0.15) is 12.0 Å². The minimum Gasteiger partial charge on any atom is -0.497 e. The lowest BCUT2D eigenvalue weighted by molar-refractivity contribution is -0.137. The molecule has 2 aromatic carbocycles. The van der Waals surface area contributed by atoms with Crippen molar-refractivity contribution >= 4 is 29.3 Å². The van der Waals surface area contributed by atoms with Crippen molar-refractivity contribution in [3.8, 4) is 11.5 Å². The van der Waals surface area contributed by atoms with Crippen LogP contribution in [0.4, 0.5) is 34.1 Å². The Balaban J connectivity index is 1.37. The van der Waals surface area contributed by atoms with Crippen LogP contribution in [-0.2, 0) is 11.0 Å². The Labute approximate surface area is 198 Å². The van der Waals surface area contributed by atoms with E-state index < -0.39 is 47.8 Å². The van der Waals surface area contributed by atoms with Gasteiger partial charge in [0.25, 0.3) is 5.91 Å². The smallest absolute Gasteiger partial charge is 0.416 e. The van der Waals surface area contributed by atoms with Gasteiger partial charge in [-0.15, -0.1) is 0 Å². The molecule has 9 nitrogen and oxygen atoms in total. The molecular formula is C23H21F3N4O5. The minimum atomic E-state index is -4.62. The monoisotopic (exact) mass is 490 g/mol. The highest BCUT2D eigenvalue weighted by Gasteiger charge is 2.63. The second-order valence-corrected chi connectivity index (χ2v) is 8.50. The number of nitrogens with one attached hydrogen (secondary N) is 1. The van der Waals surface area contributed by atoms with E-state index in [1.807, 2.05) is 0 Å². The summed E-state index contributed by atoms with van der Waals surface area (Å²) in [6.45, 7) is 0.198. The van der Waals surface area contributed by atoms with Crippen LogP contribution in [-0.4, -0.2) is 66.7 Å². The summed E-state index contributed by atoms with van der Waals surface area (Å²) in [5.74, 6) is 0.298. The van der Waals surface area contributed by atoms with Gasteiger partial charge in [0, 0.05) is 30.4 Å². The van der Waals surface area contributed by atoms with E-state index in [2.05, 4.69) is 5.32 Å². The molecule has 0 aromatic heterocycles. The van der Waals surface area contributed by atoms with Crippen LogP contribution in [0, 0.1) is 0 Å². The third-order valence-electron chi connectivity index (χ3n) is 6.56. The topological polar surface area (TPSA) is 91.4 Å². The number of carbonyl (C=O) groups excluding carboxylic acids is 3. The zero-order valence-corrected chi connectivity index (χ0v) is 18.7. The summed E-state index contributed by atoms with van der Waals surface area (Å²) in [6, 6.07) is 5.85. The molecule has 0 saturated carbocycles. The molecule has 3 atom stereocenters. The number of halogens is 3. The number of rotatable bonds is 4. The minimum absolute atomic E-state index is 0.150. The number of alkyl halides is 3. The second-order valence-electron chi connectivity index (χ2n) is 8.50. The van der Waals surface area contributed by atoms with E-state index in [1.54, 1.807) is 18.2 Å². The maximum atomic E-state index is 13.2. The Hall–Kier alpha value is -3.96. The van der Waals surface area contributed by atoms with E-state index in [0.717, 1.165) is 23.1 Å². The van der Waals surface area contributed by atoms with Crippen LogP contribution in [0.15, 0.2) is 42.5 Å². The highest BCUT2D eigenvalue weighted by atomic mass is 19.4. The molecule has 2 unspecified atom stereocenters. The van der Waals surface area contributed by atoms with Crippen LogP contribution in [0.2, 0.25) is 0 Å². The first-order valence-corrected chi connectivity index (χ1v) is 10.8. The highest BCUT2D eigenvalue weighted by Crippen LogP contribution is 2.43. The number of imide groups is 1. The van der Waals surface area contributed by atoms with Gasteiger partial charge in [-0.3, -0.25) is 4.79 Å². The van der Waals surface area contributed by atoms with Crippen molar-refractivity contribution in [1.29, 1.82) is 0 Å². The van der Waals surface area contributed by atoms with Gasteiger partial charge in [-0.25, -0.2) is 14.5 Å². The van der Waals surface area contributed by atoms with Gasteiger partial charge >= 0.3 is 18.2 Å². The molecule has 3 fully saturated rings. The second kappa shape index (κ2) is 8.07. The Kier molecular flexibility index (Phi) is 5.26. The van der Waals surface area contributed by atoms with E-state index in [4.69, 9.17) is 9.47 Å². The number of carbonyl (C=O) groups is 3. The fraction of sp³-hybridized carbons (Fsp3) is 0.348. The normalized spacial score (nSPS) is 23.1. The number of benzene rings is 2. The van der Waals surface area contributed by atoms with Gasteiger partial charge in [0.05, 0.1) is 37.6 Å². The van der Waals surface area contributed by atoms with Gasteiger partial charge in [0.1, 0.15) is 17.5 Å². The number of likely N-dealkylation sites (tertiary alicyclic amines) is 1. The number of ether oxygens (including phenoxy) is 2. The first kappa shape index (κ1) is 22.8. The van der Waals surface area contributed by atoms with Crippen molar-refractivity contribution in [3.05, 3.63) is 48.0 Å². The summed E-state index contributed by atoms with van der Waals surface area (Å²) >= 11 is 0. The van der Waals surface area contributed by atoms with E-state index >= 15 is 0 Å². The summed E-state index contributed by atoms with van der Waals surface area (Å²) < 4.78 is 49.9. The Morgan fingerprint density at radius 1 is 1.06 bits per heavy atom. The van der Waals surface area contributed by atoms with Crippen LogP contribution in [0.25, 0.3) is 0 Å². The SMILES string of the molecule is COc1cc(NC(=O)N2CC3CC2[C@@H]2C(=O)N(c4cccc(C(F)(F)F)c4)C(=O)N32)cc(OC)c1. The number of urea groups is 2. The highest BCUT2D eigenvalue weighted by molar-refractivity contribution is 6.22. The lowest BCUT2D eigenvalue weighted by Gasteiger charge is -2.34. The zero-order chi connectivity index (χ0) is 25.1. The van der Waals surface area contributed by atoms with Crippen LogP contribution < -0.4 is 19.7 Å². The van der Waals surface area contributed by atoms with Crippen molar-refractivity contribution in [3.63, 3.8) is 0 Å². The van der Waals surface area contributed by atoms with Gasteiger partial charge in [-0.2, -0.15) is 13.2 Å².